The van der Waals surface area contributed by atoms with Gasteiger partial charge in [0.25, 0.3) is 0 Å². The third-order valence-corrected chi connectivity index (χ3v) is 3.22. The summed E-state index contributed by atoms with van der Waals surface area (Å²) in [7, 11) is 1.55. The van der Waals surface area contributed by atoms with Crippen molar-refractivity contribution in [3.63, 3.8) is 0 Å². The van der Waals surface area contributed by atoms with E-state index < -0.39 is 6.10 Å². The van der Waals surface area contributed by atoms with Gasteiger partial charge in [0.05, 0.1) is 19.6 Å². The Morgan fingerprint density at radius 3 is 2.77 bits per heavy atom. The van der Waals surface area contributed by atoms with E-state index in [0.717, 1.165) is 0 Å². The number of aliphatic hydroxyl groups excluding tert-OH is 1. The highest BCUT2D eigenvalue weighted by atomic mass is 19.1. The third kappa shape index (κ3) is 4.56. The molecule has 0 aliphatic heterocycles. The molecule has 2 rings (SSSR count). The van der Waals surface area contributed by atoms with Crippen molar-refractivity contribution in [2.45, 2.75) is 12.5 Å². The predicted octanol–water partition coefficient (Wildman–Crippen LogP) is 2.23. The molecule has 22 heavy (non-hydrogen) atoms. The number of halogens is 1. The van der Waals surface area contributed by atoms with Crippen LogP contribution < -0.4 is 10.1 Å². The van der Waals surface area contributed by atoms with E-state index in [1.54, 1.807) is 43.5 Å². The molecule has 2 N–H and O–H groups in total. The molecule has 0 saturated carbocycles. The summed E-state index contributed by atoms with van der Waals surface area (Å²) in [6.07, 6.45) is -0.755. The molecule has 5 heteroatoms. The van der Waals surface area contributed by atoms with E-state index >= 15 is 0 Å². The molecular formula is C17H18FNO3. The van der Waals surface area contributed by atoms with Crippen molar-refractivity contribution in [1.82, 2.24) is 5.32 Å². The molecule has 1 atom stereocenters. The first-order chi connectivity index (χ1) is 10.6. The molecule has 0 spiro atoms. The molecule has 0 unspecified atom stereocenters. The van der Waals surface area contributed by atoms with Crippen molar-refractivity contribution in [2.75, 3.05) is 13.7 Å². The monoisotopic (exact) mass is 303 g/mol. The number of benzene rings is 2. The Balaban J connectivity index is 1.87. The molecule has 0 radical (unpaired) electrons. The van der Waals surface area contributed by atoms with Crippen LogP contribution in [0.4, 0.5) is 4.39 Å². The van der Waals surface area contributed by atoms with E-state index in [4.69, 9.17) is 4.74 Å². The molecule has 0 aliphatic carbocycles. The Labute approximate surface area is 128 Å². The average molecular weight is 303 g/mol. The predicted molar refractivity (Wildman–Crippen MR) is 81.1 cm³/mol. The lowest BCUT2D eigenvalue weighted by Crippen LogP contribution is -2.29. The number of amides is 1. The summed E-state index contributed by atoms with van der Waals surface area (Å²) in [5.41, 5.74) is 1.25. The maximum Gasteiger partial charge on any atom is 0.224 e. The van der Waals surface area contributed by atoms with Crippen LogP contribution in [0.15, 0.2) is 48.5 Å². The number of carbonyl (C=O) groups excluding carboxylic acids is 1. The minimum absolute atomic E-state index is 0.0720. The smallest absolute Gasteiger partial charge is 0.224 e. The highest BCUT2D eigenvalue weighted by molar-refractivity contribution is 5.78. The molecule has 0 heterocycles. The topological polar surface area (TPSA) is 58.6 Å². The van der Waals surface area contributed by atoms with Crippen LogP contribution in [0.1, 0.15) is 17.2 Å². The second-order valence-corrected chi connectivity index (χ2v) is 4.90. The largest absolute Gasteiger partial charge is 0.497 e. The molecule has 0 bridgehead atoms. The SMILES string of the molecule is COc1cccc([C@H](O)CNC(=O)Cc2cccc(F)c2)c1. The van der Waals surface area contributed by atoms with Gasteiger partial charge in [-0.15, -0.1) is 0 Å². The van der Waals surface area contributed by atoms with Crippen molar-refractivity contribution in [1.29, 1.82) is 0 Å². The zero-order chi connectivity index (χ0) is 15.9. The van der Waals surface area contributed by atoms with Gasteiger partial charge in [-0.25, -0.2) is 4.39 Å². The standard InChI is InChI=1S/C17H18FNO3/c1-22-15-7-3-5-13(10-15)16(20)11-19-17(21)9-12-4-2-6-14(18)8-12/h2-8,10,16,20H,9,11H2,1H3,(H,19,21)/t16-/m1/s1. The van der Waals surface area contributed by atoms with E-state index in [1.807, 2.05) is 0 Å². The summed E-state index contributed by atoms with van der Waals surface area (Å²) in [5, 5.41) is 12.7. The van der Waals surface area contributed by atoms with E-state index in [0.29, 0.717) is 16.9 Å². The fourth-order valence-corrected chi connectivity index (χ4v) is 2.07. The Kier molecular flexibility index (Phi) is 5.49. The fourth-order valence-electron chi connectivity index (χ4n) is 2.07. The first kappa shape index (κ1) is 16.0. The summed E-state index contributed by atoms with van der Waals surface area (Å²) in [4.78, 5) is 11.8. The Bertz CT molecular complexity index is 645. The van der Waals surface area contributed by atoms with Crippen LogP contribution in [0, 0.1) is 5.82 Å². The van der Waals surface area contributed by atoms with Gasteiger partial charge >= 0.3 is 0 Å². The Hall–Kier alpha value is -2.40. The molecule has 4 nitrogen and oxygen atoms in total. The Morgan fingerprint density at radius 2 is 2.05 bits per heavy atom. The summed E-state index contributed by atoms with van der Waals surface area (Å²) in [6.45, 7) is 0.0846. The lowest BCUT2D eigenvalue weighted by molar-refractivity contribution is -0.120. The molecule has 2 aromatic rings. The molecule has 0 aliphatic rings. The second kappa shape index (κ2) is 7.56. The van der Waals surface area contributed by atoms with Crippen LogP contribution in [0.2, 0.25) is 0 Å². The molecule has 1 amide bonds. The van der Waals surface area contributed by atoms with Crippen LogP contribution in [-0.2, 0) is 11.2 Å². The van der Waals surface area contributed by atoms with Crippen molar-refractivity contribution in [3.05, 3.63) is 65.5 Å². The van der Waals surface area contributed by atoms with Gasteiger partial charge in [0, 0.05) is 6.54 Å². The minimum atomic E-state index is -0.827. The average Bonchev–Trinajstić information content (AvgIpc) is 2.52. The van der Waals surface area contributed by atoms with Crippen molar-refractivity contribution in [2.24, 2.45) is 0 Å². The Morgan fingerprint density at radius 1 is 1.27 bits per heavy atom. The van der Waals surface area contributed by atoms with Gasteiger partial charge in [-0.3, -0.25) is 4.79 Å². The van der Waals surface area contributed by atoms with Crippen LogP contribution in [0.25, 0.3) is 0 Å². The lowest BCUT2D eigenvalue weighted by Gasteiger charge is -2.13. The summed E-state index contributed by atoms with van der Waals surface area (Å²) in [6, 6.07) is 12.9. The molecule has 0 saturated heterocycles. The number of rotatable bonds is 6. The lowest BCUT2D eigenvalue weighted by atomic mass is 10.1. The molecule has 116 valence electrons. The van der Waals surface area contributed by atoms with E-state index in [1.165, 1.54) is 12.1 Å². The maximum atomic E-state index is 13.0. The van der Waals surface area contributed by atoms with Gasteiger partial charge in [0.1, 0.15) is 11.6 Å². The van der Waals surface area contributed by atoms with E-state index in [9.17, 15) is 14.3 Å². The number of carbonyl (C=O) groups is 1. The highest BCUT2D eigenvalue weighted by Crippen LogP contribution is 2.18. The zero-order valence-electron chi connectivity index (χ0n) is 12.3. The van der Waals surface area contributed by atoms with Crippen LogP contribution >= 0.6 is 0 Å². The van der Waals surface area contributed by atoms with Crippen LogP contribution in [0.5, 0.6) is 5.75 Å². The van der Waals surface area contributed by atoms with Crippen LogP contribution in [-0.4, -0.2) is 24.7 Å². The first-order valence-corrected chi connectivity index (χ1v) is 6.91. The zero-order valence-corrected chi connectivity index (χ0v) is 12.3. The molecule has 0 fully saturated rings. The van der Waals surface area contributed by atoms with Crippen molar-refractivity contribution in [3.8, 4) is 5.75 Å². The van der Waals surface area contributed by atoms with Gasteiger partial charge in [-0.1, -0.05) is 24.3 Å². The van der Waals surface area contributed by atoms with Gasteiger partial charge in [0.15, 0.2) is 0 Å². The molecule has 2 aromatic carbocycles. The van der Waals surface area contributed by atoms with Gasteiger partial charge in [-0.05, 0) is 35.4 Å². The summed E-state index contributed by atoms with van der Waals surface area (Å²) in [5.74, 6) is -0.00287. The van der Waals surface area contributed by atoms with Crippen molar-refractivity contribution >= 4 is 5.91 Å². The van der Waals surface area contributed by atoms with E-state index in [2.05, 4.69) is 5.32 Å². The van der Waals surface area contributed by atoms with Crippen molar-refractivity contribution < 1.29 is 19.0 Å². The first-order valence-electron chi connectivity index (χ1n) is 6.91. The fraction of sp³-hybridized carbons (Fsp3) is 0.235. The number of aliphatic hydroxyl groups is 1. The number of nitrogens with one attached hydrogen (secondary N) is 1. The minimum Gasteiger partial charge on any atom is -0.497 e. The highest BCUT2D eigenvalue weighted by Gasteiger charge is 2.11. The van der Waals surface area contributed by atoms with E-state index in [-0.39, 0.29) is 24.7 Å². The number of methoxy groups -OCH3 is 1. The third-order valence-electron chi connectivity index (χ3n) is 3.22. The summed E-state index contributed by atoms with van der Waals surface area (Å²) < 4.78 is 18.1. The second-order valence-electron chi connectivity index (χ2n) is 4.90. The van der Waals surface area contributed by atoms with Gasteiger partial charge in [-0.2, -0.15) is 0 Å². The molecular weight excluding hydrogens is 285 g/mol. The summed E-state index contributed by atoms with van der Waals surface area (Å²) >= 11 is 0. The maximum absolute atomic E-state index is 13.0. The number of hydrogen-bond acceptors (Lipinski definition) is 3. The van der Waals surface area contributed by atoms with Gasteiger partial charge in [0.2, 0.25) is 5.91 Å². The van der Waals surface area contributed by atoms with Gasteiger partial charge < -0.3 is 15.2 Å². The molecule has 0 aromatic heterocycles. The number of ether oxygens (including phenoxy) is 1. The van der Waals surface area contributed by atoms with Crippen LogP contribution in [0.3, 0.4) is 0 Å². The number of hydrogen-bond donors (Lipinski definition) is 2. The normalized spacial score (nSPS) is 11.8. The quantitative estimate of drug-likeness (QED) is 0.860.